The fraction of sp³-hybridized carbons (Fsp3) is 0.647. The van der Waals surface area contributed by atoms with Gasteiger partial charge in [-0.15, -0.1) is 0 Å². The third-order valence-electron chi connectivity index (χ3n) is 4.08. The first kappa shape index (κ1) is 16.8. The summed E-state index contributed by atoms with van der Waals surface area (Å²) in [7, 11) is 0. The van der Waals surface area contributed by atoms with Crippen LogP contribution in [0.1, 0.15) is 32.6 Å². The quantitative estimate of drug-likeness (QED) is 0.720. The van der Waals surface area contributed by atoms with Gasteiger partial charge in [0.2, 0.25) is 0 Å². The van der Waals surface area contributed by atoms with E-state index in [0.717, 1.165) is 36.0 Å². The molecule has 0 aromatic heterocycles. The zero-order chi connectivity index (χ0) is 14.9. The average Bonchev–Trinajstić information content (AvgIpc) is 2.48. The molecule has 1 saturated heterocycles. The molecule has 1 aliphatic rings. The molecule has 1 N–H and O–H groups in total. The molecule has 1 atom stereocenters. The second-order valence-corrected chi connectivity index (χ2v) is 6.71. The van der Waals surface area contributed by atoms with Gasteiger partial charge in [-0.05, 0) is 64.0 Å². The fourth-order valence-electron chi connectivity index (χ4n) is 2.82. The van der Waals surface area contributed by atoms with E-state index in [4.69, 9.17) is 4.74 Å². The first-order valence-corrected chi connectivity index (χ1v) is 8.88. The van der Waals surface area contributed by atoms with Gasteiger partial charge in [0, 0.05) is 17.1 Å². The number of rotatable bonds is 8. The summed E-state index contributed by atoms with van der Waals surface area (Å²) in [4.78, 5) is 2.63. The van der Waals surface area contributed by atoms with Crippen molar-refractivity contribution in [3.05, 3.63) is 28.7 Å². The summed E-state index contributed by atoms with van der Waals surface area (Å²) in [5.41, 5.74) is 0. The maximum atomic E-state index is 5.70. The minimum atomic E-state index is 0.719. The Morgan fingerprint density at radius 2 is 2.24 bits per heavy atom. The van der Waals surface area contributed by atoms with Crippen LogP contribution in [0.5, 0.6) is 5.75 Å². The molecule has 4 heteroatoms. The minimum Gasteiger partial charge on any atom is -0.492 e. The Labute approximate surface area is 137 Å². The van der Waals surface area contributed by atoms with E-state index in [9.17, 15) is 0 Å². The lowest BCUT2D eigenvalue weighted by atomic mass is 10.0. The molecule has 21 heavy (non-hydrogen) atoms. The van der Waals surface area contributed by atoms with Gasteiger partial charge < -0.3 is 15.0 Å². The molecule has 0 saturated carbocycles. The van der Waals surface area contributed by atoms with Crippen LogP contribution in [0.15, 0.2) is 28.7 Å². The van der Waals surface area contributed by atoms with Crippen LogP contribution < -0.4 is 10.1 Å². The van der Waals surface area contributed by atoms with Crippen LogP contribution in [-0.4, -0.2) is 43.7 Å². The highest BCUT2D eigenvalue weighted by atomic mass is 79.9. The molecule has 0 aliphatic carbocycles. The second kappa shape index (κ2) is 9.44. The van der Waals surface area contributed by atoms with E-state index in [1.807, 2.05) is 24.3 Å². The van der Waals surface area contributed by atoms with Crippen LogP contribution >= 0.6 is 15.9 Å². The Morgan fingerprint density at radius 1 is 1.33 bits per heavy atom. The minimum absolute atomic E-state index is 0.719. The number of ether oxygens (including phenoxy) is 1. The van der Waals surface area contributed by atoms with E-state index < -0.39 is 0 Å². The van der Waals surface area contributed by atoms with Crippen molar-refractivity contribution in [2.24, 2.45) is 0 Å². The largest absolute Gasteiger partial charge is 0.492 e. The number of benzene rings is 1. The predicted octanol–water partition coefficient (Wildman–Crippen LogP) is 3.68. The lowest BCUT2D eigenvalue weighted by Gasteiger charge is -2.33. The lowest BCUT2D eigenvalue weighted by molar-refractivity contribution is 0.158. The lowest BCUT2D eigenvalue weighted by Crippen LogP contribution is -2.39. The summed E-state index contributed by atoms with van der Waals surface area (Å²) in [6.07, 6.45) is 5.37. The summed E-state index contributed by atoms with van der Waals surface area (Å²) >= 11 is 3.45. The summed E-state index contributed by atoms with van der Waals surface area (Å²) in [5.74, 6) is 0.924. The summed E-state index contributed by atoms with van der Waals surface area (Å²) in [6, 6.07) is 8.76. The van der Waals surface area contributed by atoms with Gasteiger partial charge in [-0.3, -0.25) is 0 Å². The smallest absolute Gasteiger partial charge is 0.120 e. The molecule has 1 fully saturated rings. The number of nitrogens with zero attached hydrogens (tertiary/aromatic N) is 1. The molecule has 1 aliphatic heterocycles. The van der Waals surface area contributed by atoms with E-state index in [1.165, 1.54) is 38.8 Å². The Kier molecular flexibility index (Phi) is 7.54. The van der Waals surface area contributed by atoms with Crippen molar-refractivity contribution in [3.8, 4) is 5.75 Å². The van der Waals surface area contributed by atoms with Crippen molar-refractivity contribution < 1.29 is 4.74 Å². The van der Waals surface area contributed by atoms with Crippen molar-refractivity contribution in [1.29, 1.82) is 0 Å². The van der Waals surface area contributed by atoms with Crippen LogP contribution in [0.2, 0.25) is 0 Å². The van der Waals surface area contributed by atoms with Crippen molar-refractivity contribution in [2.75, 3.05) is 32.8 Å². The molecule has 1 aromatic carbocycles. The van der Waals surface area contributed by atoms with Gasteiger partial charge in [0.05, 0.1) is 0 Å². The molecule has 1 unspecified atom stereocenters. The average molecular weight is 355 g/mol. The highest BCUT2D eigenvalue weighted by Crippen LogP contribution is 2.17. The Morgan fingerprint density at radius 3 is 3.05 bits per heavy atom. The zero-order valence-electron chi connectivity index (χ0n) is 13.0. The molecule has 1 aromatic rings. The first-order valence-electron chi connectivity index (χ1n) is 8.09. The van der Waals surface area contributed by atoms with Crippen LogP contribution in [0.25, 0.3) is 0 Å². The molecule has 0 radical (unpaired) electrons. The van der Waals surface area contributed by atoms with Crippen LogP contribution in [0, 0.1) is 0 Å². The third kappa shape index (κ3) is 6.37. The standard InChI is InChI=1S/C17H27BrN2O/c1-15-6-2-3-11-20(15)12-5-9-19-10-13-21-17-8-4-7-16(18)14-17/h4,7-8,14-15,19H,2-3,5-6,9-13H2,1H3. The normalized spacial score (nSPS) is 19.6. The van der Waals surface area contributed by atoms with Crippen LogP contribution in [0.4, 0.5) is 0 Å². The first-order chi connectivity index (χ1) is 10.3. The SMILES string of the molecule is CC1CCCCN1CCCNCCOc1cccc(Br)c1. The zero-order valence-corrected chi connectivity index (χ0v) is 14.6. The number of likely N-dealkylation sites (tertiary alicyclic amines) is 1. The van der Waals surface area contributed by atoms with E-state index in [-0.39, 0.29) is 0 Å². The molecule has 1 heterocycles. The van der Waals surface area contributed by atoms with E-state index >= 15 is 0 Å². The number of hydrogen-bond donors (Lipinski definition) is 1. The molecule has 3 nitrogen and oxygen atoms in total. The second-order valence-electron chi connectivity index (χ2n) is 5.79. The van der Waals surface area contributed by atoms with Crippen molar-refractivity contribution in [1.82, 2.24) is 10.2 Å². The molecule has 0 amide bonds. The molecule has 0 bridgehead atoms. The highest BCUT2D eigenvalue weighted by molar-refractivity contribution is 9.10. The van der Waals surface area contributed by atoms with E-state index in [2.05, 4.69) is 33.1 Å². The van der Waals surface area contributed by atoms with Gasteiger partial charge in [-0.25, -0.2) is 0 Å². The molecule has 2 rings (SSSR count). The van der Waals surface area contributed by atoms with Gasteiger partial charge in [-0.1, -0.05) is 28.4 Å². The fourth-order valence-corrected chi connectivity index (χ4v) is 3.20. The summed E-state index contributed by atoms with van der Waals surface area (Å²) in [6.45, 7) is 7.57. The monoisotopic (exact) mass is 354 g/mol. The number of nitrogens with one attached hydrogen (secondary N) is 1. The molecular formula is C17H27BrN2O. The van der Waals surface area contributed by atoms with Gasteiger partial charge in [0.15, 0.2) is 0 Å². The summed E-state index contributed by atoms with van der Waals surface area (Å²) < 4.78 is 6.76. The van der Waals surface area contributed by atoms with E-state index in [1.54, 1.807) is 0 Å². The maximum absolute atomic E-state index is 5.70. The molecule has 118 valence electrons. The number of piperidine rings is 1. The highest BCUT2D eigenvalue weighted by Gasteiger charge is 2.16. The Balaban J connectivity index is 1.48. The molecular weight excluding hydrogens is 328 g/mol. The van der Waals surface area contributed by atoms with Crippen molar-refractivity contribution >= 4 is 15.9 Å². The van der Waals surface area contributed by atoms with Crippen molar-refractivity contribution in [2.45, 2.75) is 38.6 Å². The van der Waals surface area contributed by atoms with Crippen molar-refractivity contribution in [3.63, 3.8) is 0 Å². The van der Waals surface area contributed by atoms with Gasteiger partial charge in [-0.2, -0.15) is 0 Å². The number of hydrogen-bond acceptors (Lipinski definition) is 3. The Bertz CT molecular complexity index is 414. The Hall–Kier alpha value is -0.580. The third-order valence-corrected chi connectivity index (χ3v) is 4.58. The maximum Gasteiger partial charge on any atom is 0.120 e. The summed E-state index contributed by atoms with van der Waals surface area (Å²) in [5, 5.41) is 3.46. The topological polar surface area (TPSA) is 24.5 Å². The van der Waals surface area contributed by atoms with Crippen LogP contribution in [-0.2, 0) is 0 Å². The van der Waals surface area contributed by atoms with Gasteiger partial charge >= 0.3 is 0 Å². The van der Waals surface area contributed by atoms with Crippen LogP contribution in [0.3, 0.4) is 0 Å². The predicted molar refractivity (Wildman–Crippen MR) is 92.0 cm³/mol. The van der Waals surface area contributed by atoms with Gasteiger partial charge in [0.1, 0.15) is 12.4 Å². The number of halogens is 1. The van der Waals surface area contributed by atoms with Gasteiger partial charge in [0.25, 0.3) is 0 Å². The van der Waals surface area contributed by atoms with E-state index in [0.29, 0.717) is 0 Å². The molecule has 0 spiro atoms.